The number of carbonyl (C=O) groups is 1. The molecule has 0 heterocycles. The monoisotopic (exact) mass is 369 g/mol. The lowest BCUT2D eigenvalue weighted by atomic mass is 10.0. The molecule has 0 aliphatic rings. The molecule has 0 aliphatic carbocycles. The number of nitro benzene ring substituents is 1. The van der Waals surface area contributed by atoms with Crippen LogP contribution in [-0.4, -0.2) is 43.5 Å². The summed E-state index contributed by atoms with van der Waals surface area (Å²) in [5.74, 6) is 0.530. The van der Waals surface area contributed by atoms with Crippen molar-refractivity contribution in [2.24, 2.45) is 0 Å². The molecule has 1 amide bonds. The number of methoxy groups -OCH3 is 1. The van der Waals surface area contributed by atoms with Crippen LogP contribution in [0.5, 0.6) is 5.75 Å². The van der Waals surface area contributed by atoms with Crippen LogP contribution in [0, 0.1) is 10.1 Å². The van der Waals surface area contributed by atoms with Crippen molar-refractivity contribution in [3.8, 4) is 5.75 Å². The molecule has 142 valence electrons. The molecule has 7 heteroatoms. The number of hydrogen-bond donors (Lipinski definition) is 1. The highest BCUT2D eigenvalue weighted by Crippen LogP contribution is 2.27. The predicted molar refractivity (Wildman–Crippen MR) is 105 cm³/mol. The lowest BCUT2D eigenvalue weighted by molar-refractivity contribution is -0.384. The maximum absolute atomic E-state index is 12.1. The summed E-state index contributed by atoms with van der Waals surface area (Å²) in [5.41, 5.74) is 1.72. The Kier molecular flexibility index (Phi) is 7.08. The molecule has 2 aromatic carbocycles. The number of nitrogens with zero attached hydrogens (tertiary/aromatic N) is 2. The zero-order chi connectivity index (χ0) is 19.8. The Morgan fingerprint density at radius 3 is 2.48 bits per heavy atom. The van der Waals surface area contributed by atoms with Crippen molar-refractivity contribution in [2.45, 2.75) is 6.04 Å². The summed E-state index contributed by atoms with van der Waals surface area (Å²) in [4.78, 5) is 24.4. The van der Waals surface area contributed by atoms with Crippen LogP contribution in [0.1, 0.15) is 17.2 Å². The second kappa shape index (κ2) is 9.49. The minimum absolute atomic E-state index is 0.0160. The molecule has 0 bridgehead atoms. The lowest BCUT2D eigenvalue weighted by Gasteiger charge is -2.26. The average Bonchev–Trinajstić information content (AvgIpc) is 2.67. The van der Waals surface area contributed by atoms with Crippen molar-refractivity contribution in [3.05, 3.63) is 75.8 Å². The van der Waals surface area contributed by atoms with Gasteiger partial charge in [0.25, 0.3) is 5.69 Å². The number of ether oxygens (including phenoxy) is 1. The predicted octanol–water partition coefficient (Wildman–Crippen LogP) is 3.04. The van der Waals surface area contributed by atoms with E-state index >= 15 is 0 Å². The fourth-order valence-corrected chi connectivity index (χ4v) is 2.65. The molecule has 0 aromatic heterocycles. The van der Waals surface area contributed by atoms with E-state index in [1.807, 2.05) is 43.3 Å². The molecule has 1 N–H and O–H groups in total. The second-order valence-corrected chi connectivity index (χ2v) is 6.15. The summed E-state index contributed by atoms with van der Waals surface area (Å²) >= 11 is 0. The molecule has 0 fully saturated rings. The third kappa shape index (κ3) is 5.65. The van der Waals surface area contributed by atoms with Crippen molar-refractivity contribution in [3.63, 3.8) is 0 Å². The average molecular weight is 369 g/mol. The standard InChI is InChI=1S/C20H23N3O4/c1-22(2)18(17-6-4-5-7-19(17)27-3)14-21-20(24)13-10-15-8-11-16(12-9-15)23(25)26/h4-13,18H,14H2,1-3H3,(H,21,24)/b13-10+. The molecule has 2 aromatic rings. The van der Waals surface area contributed by atoms with Gasteiger partial charge in [0.1, 0.15) is 5.75 Å². The van der Waals surface area contributed by atoms with E-state index in [-0.39, 0.29) is 17.6 Å². The van der Waals surface area contributed by atoms with Crippen LogP contribution in [0.15, 0.2) is 54.6 Å². The van der Waals surface area contributed by atoms with Gasteiger partial charge in [0.15, 0.2) is 0 Å². The largest absolute Gasteiger partial charge is 0.496 e. The molecule has 7 nitrogen and oxygen atoms in total. The number of hydrogen-bond acceptors (Lipinski definition) is 5. The number of nitro groups is 1. The van der Waals surface area contributed by atoms with Crippen LogP contribution in [-0.2, 0) is 4.79 Å². The Hall–Kier alpha value is -3.19. The third-order valence-electron chi connectivity index (χ3n) is 4.12. The van der Waals surface area contributed by atoms with E-state index in [2.05, 4.69) is 5.32 Å². The van der Waals surface area contributed by atoms with Gasteiger partial charge in [-0.1, -0.05) is 18.2 Å². The fourth-order valence-electron chi connectivity index (χ4n) is 2.65. The molecule has 27 heavy (non-hydrogen) atoms. The summed E-state index contributed by atoms with van der Waals surface area (Å²) in [6.07, 6.45) is 3.03. The first kappa shape index (κ1) is 20.1. The Labute approximate surface area is 158 Å². The van der Waals surface area contributed by atoms with Crippen LogP contribution in [0.3, 0.4) is 0 Å². The first-order chi connectivity index (χ1) is 12.9. The van der Waals surface area contributed by atoms with Crippen molar-refractivity contribution >= 4 is 17.7 Å². The number of carbonyl (C=O) groups excluding carboxylic acids is 1. The fraction of sp³-hybridized carbons (Fsp3) is 0.250. The molecular formula is C20H23N3O4. The van der Waals surface area contributed by atoms with Crippen LogP contribution < -0.4 is 10.1 Å². The normalized spacial score (nSPS) is 12.1. The Bertz CT molecular complexity index is 816. The molecule has 0 radical (unpaired) electrons. The molecule has 0 saturated heterocycles. The Morgan fingerprint density at radius 1 is 1.22 bits per heavy atom. The number of likely N-dealkylation sites (N-methyl/N-ethyl adjacent to an activating group) is 1. The Morgan fingerprint density at radius 2 is 1.89 bits per heavy atom. The van der Waals surface area contributed by atoms with Crippen LogP contribution in [0.4, 0.5) is 5.69 Å². The first-order valence-corrected chi connectivity index (χ1v) is 8.42. The minimum atomic E-state index is -0.459. The van der Waals surface area contributed by atoms with Gasteiger partial charge in [0, 0.05) is 30.3 Å². The van der Waals surface area contributed by atoms with Gasteiger partial charge in [-0.05, 0) is 43.9 Å². The zero-order valence-electron chi connectivity index (χ0n) is 15.6. The number of para-hydroxylation sites is 1. The number of rotatable bonds is 8. The van der Waals surface area contributed by atoms with Gasteiger partial charge >= 0.3 is 0 Å². The molecule has 1 atom stereocenters. The lowest BCUT2D eigenvalue weighted by Crippen LogP contribution is -2.33. The molecule has 0 aliphatic heterocycles. The van der Waals surface area contributed by atoms with Crippen molar-refractivity contribution in [1.29, 1.82) is 0 Å². The van der Waals surface area contributed by atoms with Gasteiger partial charge in [-0.3, -0.25) is 14.9 Å². The Balaban J connectivity index is 2.00. The number of benzene rings is 2. The summed E-state index contributed by atoms with van der Waals surface area (Å²) in [7, 11) is 5.50. The maximum Gasteiger partial charge on any atom is 0.269 e. The quantitative estimate of drug-likeness (QED) is 0.439. The van der Waals surface area contributed by atoms with Gasteiger partial charge in [0.2, 0.25) is 5.91 Å². The van der Waals surface area contributed by atoms with E-state index in [4.69, 9.17) is 4.74 Å². The number of nitrogens with one attached hydrogen (secondary N) is 1. The van der Waals surface area contributed by atoms with Crippen LogP contribution >= 0.6 is 0 Å². The molecular weight excluding hydrogens is 346 g/mol. The van der Waals surface area contributed by atoms with Gasteiger partial charge in [-0.25, -0.2) is 0 Å². The molecule has 0 spiro atoms. The number of amides is 1. The van der Waals surface area contributed by atoms with Gasteiger partial charge in [-0.15, -0.1) is 0 Å². The highest BCUT2D eigenvalue weighted by atomic mass is 16.6. The molecule has 0 saturated carbocycles. The SMILES string of the molecule is COc1ccccc1C(CNC(=O)/C=C/c1ccc([N+](=O)[O-])cc1)N(C)C. The van der Waals surface area contributed by atoms with Crippen LogP contribution in [0.25, 0.3) is 6.08 Å². The first-order valence-electron chi connectivity index (χ1n) is 8.42. The summed E-state index contributed by atoms with van der Waals surface area (Å²) < 4.78 is 5.41. The van der Waals surface area contributed by atoms with E-state index in [1.54, 1.807) is 25.3 Å². The van der Waals surface area contributed by atoms with E-state index in [9.17, 15) is 14.9 Å². The van der Waals surface area contributed by atoms with Crippen molar-refractivity contribution in [2.75, 3.05) is 27.7 Å². The van der Waals surface area contributed by atoms with Gasteiger partial charge < -0.3 is 15.0 Å². The molecule has 1 unspecified atom stereocenters. The summed E-state index contributed by atoms with van der Waals surface area (Å²) in [5, 5.41) is 13.5. The zero-order valence-corrected chi connectivity index (χ0v) is 15.6. The van der Waals surface area contributed by atoms with Crippen molar-refractivity contribution < 1.29 is 14.5 Å². The smallest absolute Gasteiger partial charge is 0.269 e. The van der Waals surface area contributed by atoms with E-state index in [1.165, 1.54) is 18.2 Å². The third-order valence-corrected chi connectivity index (χ3v) is 4.12. The highest BCUT2D eigenvalue weighted by molar-refractivity contribution is 5.91. The van der Waals surface area contributed by atoms with E-state index in [0.717, 1.165) is 11.3 Å². The summed E-state index contributed by atoms with van der Waals surface area (Å²) in [6, 6.07) is 13.7. The van der Waals surface area contributed by atoms with E-state index < -0.39 is 4.92 Å². The van der Waals surface area contributed by atoms with Gasteiger partial charge in [0.05, 0.1) is 18.1 Å². The summed E-state index contributed by atoms with van der Waals surface area (Å²) in [6.45, 7) is 0.414. The van der Waals surface area contributed by atoms with E-state index in [0.29, 0.717) is 12.1 Å². The number of non-ortho nitro benzene ring substituents is 1. The minimum Gasteiger partial charge on any atom is -0.496 e. The second-order valence-electron chi connectivity index (χ2n) is 6.15. The van der Waals surface area contributed by atoms with Crippen molar-refractivity contribution in [1.82, 2.24) is 10.2 Å². The molecule has 2 rings (SSSR count). The topological polar surface area (TPSA) is 84.7 Å². The van der Waals surface area contributed by atoms with Gasteiger partial charge in [-0.2, -0.15) is 0 Å². The maximum atomic E-state index is 12.1. The highest BCUT2D eigenvalue weighted by Gasteiger charge is 2.18. The van der Waals surface area contributed by atoms with Crippen LogP contribution in [0.2, 0.25) is 0 Å².